The molecule has 0 spiro atoms. The molecule has 10 N–H and O–H groups in total. The first-order valence-electron chi connectivity index (χ1n) is 16.5. The predicted molar refractivity (Wildman–Crippen MR) is 166 cm³/mol. The van der Waals surface area contributed by atoms with Crippen molar-refractivity contribution >= 4 is 17.6 Å². The first-order chi connectivity index (χ1) is 22.9. The summed E-state index contributed by atoms with van der Waals surface area (Å²) in [6.07, 6.45) is -8.42. The van der Waals surface area contributed by atoms with Crippen molar-refractivity contribution in [2.24, 2.45) is 0 Å². The molecule has 0 bridgehead atoms. The van der Waals surface area contributed by atoms with E-state index in [4.69, 9.17) is 18.9 Å². The number of ketones is 1. The fourth-order valence-corrected chi connectivity index (χ4v) is 5.24. The molecule has 278 valence electrons. The van der Waals surface area contributed by atoms with Gasteiger partial charge < -0.3 is 70.4 Å². The van der Waals surface area contributed by atoms with Gasteiger partial charge in [0.15, 0.2) is 18.4 Å². The normalized spacial score (nSPS) is 31.2. The van der Waals surface area contributed by atoms with E-state index in [1.165, 1.54) is 6.08 Å². The molecule has 0 aromatic rings. The van der Waals surface area contributed by atoms with Gasteiger partial charge in [-0.1, -0.05) is 6.08 Å². The zero-order chi connectivity index (χ0) is 35.6. The quantitative estimate of drug-likeness (QED) is 0.0374. The lowest BCUT2D eigenvalue weighted by molar-refractivity contribution is -0.301. The summed E-state index contributed by atoms with van der Waals surface area (Å²) in [6.45, 7) is 3.04. The van der Waals surface area contributed by atoms with Crippen LogP contribution in [-0.2, 0) is 33.3 Å². The van der Waals surface area contributed by atoms with Crippen LogP contribution in [0.5, 0.6) is 0 Å². The highest BCUT2D eigenvalue weighted by atomic mass is 16.7. The Hall–Kier alpha value is -2.13. The van der Waals surface area contributed by atoms with Crippen LogP contribution in [0.25, 0.3) is 0 Å². The molecule has 0 radical (unpaired) electrons. The maximum Gasteiger partial charge on any atom is 0.220 e. The zero-order valence-electron chi connectivity index (χ0n) is 27.2. The average molecular weight is 695 g/mol. The number of unbranched alkanes of at least 4 members (excludes halogenated alkanes) is 3. The lowest BCUT2D eigenvalue weighted by Gasteiger charge is -2.39. The number of hydrogen-bond acceptors (Lipinski definition) is 15. The summed E-state index contributed by atoms with van der Waals surface area (Å²) in [5.74, 6) is -0.681. The topological polar surface area (TPSA) is 274 Å². The van der Waals surface area contributed by atoms with Crippen LogP contribution in [0.1, 0.15) is 64.2 Å². The molecule has 2 amide bonds. The van der Waals surface area contributed by atoms with Crippen LogP contribution in [0.2, 0.25) is 0 Å². The number of aliphatic hydroxyl groups excluding tert-OH is 8. The number of amides is 2. The largest absolute Gasteiger partial charge is 0.394 e. The number of aliphatic hydroxyl groups is 8. The van der Waals surface area contributed by atoms with E-state index >= 15 is 0 Å². The number of nitrogens with one attached hydrogen (secondary N) is 2. The molecule has 0 aliphatic carbocycles. The Kier molecular flexibility index (Phi) is 19.8. The summed E-state index contributed by atoms with van der Waals surface area (Å²) in [6, 6.07) is -0.708. The maximum absolute atomic E-state index is 12.6. The molecular formula is C31H54N2O15. The highest BCUT2D eigenvalue weighted by molar-refractivity contribution is 5.89. The third-order valence-electron chi connectivity index (χ3n) is 8.17. The molecule has 0 aromatic carbocycles. The summed E-state index contributed by atoms with van der Waals surface area (Å²) in [5.41, 5.74) is 0. The lowest BCUT2D eigenvalue weighted by Crippen LogP contribution is -2.59. The Balaban J connectivity index is 1.59. The van der Waals surface area contributed by atoms with Crippen molar-refractivity contribution in [3.8, 4) is 0 Å². The van der Waals surface area contributed by atoms with Gasteiger partial charge in [0.25, 0.3) is 0 Å². The monoisotopic (exact) mass is 694 g/mol. The number of hydrogen-bond donors (Lipinski definition) is 10. The standard InChI is InChI=1S/C31H54N2O15/c1-2-9-19(36)18(33-23(38)12-5-8-15-46-31-29(44)27(42)25(40)21(17-35)48-31)10-3-6-13-32-22(37)11-4-7-14-45-30-28(43)26(41)24(39)20(16-34)47-30/h2,18,20-21,24-31,34-35,39-44H,1,3-17H2,(H,32,37)(H,33,38). The van der Waals surface area contributed by atoms with Gasteiger partial charge in [-0.3, -0.25) is 14.4 Å². The second kappa shape index (κ2) is 22.6. The summed E-state index contributed by atoms with van der Waals surface area (Å²) < 4.78 is 21.4. The zero-order valence-corrected chi connectivity index (χ0v) is 27.2. The van der Waals surface area contributed by atoms with Gasteiger partial charge in [0.2, 0.25) is 11.8 Å². The van der Waals surface area contributed by atoms with E-state index in [-0.39, 0.29) is 50.1 Å². The summed E-state index contributed by atoms with van der Waals surface area (Å²) in [7, 11) is 0. The van der Waals surface area contributed by atoms with Crippen LogP contribution in [0, 0.1) is 0 Å². The number of ether oxygens (including phenoxy) is 4. The Morgan fingerprint density at radius 2 is 1.19 bits per heavy atom. The Labute approximate surface area is 279 Å². The SMILES string of the molecule is C=CCC(=O)C(CCCCNC(=O)CCCCOC1OC(CO)C(O)C(O)C1O)NC(=O)CCCCOC1OC(CO)C(O)C(O)C1O. The van der Waals surface area contributed by atoms with E-state index in [2.05, 4.69) is 17.2 Å². The third kappa shape index (κ3) is 13.6. The minimum Gasteiger partial charge on any atom is -0.394 e. The van der Waals surface area contributed by atoms with Crippen molar-refractivity contribution in [1.29, 1.82) is 0 Å². The third-order valence-corrected chi connectivity index (χ3v) is 8.17. The van der Waals surface area contributed by atoms with Crippen LogP contribution in [0.3, 0.4) is 0 Å². The van der Waals surface area contributed by atoms with E-state index in [9.17, 15) is 55.2 Å². The van der Waals surface area contributed by atoms with Gasteiger partial charge in [0, 0.05) is 39.0 Å². The van der Waals surface area contributed by atoms with E-state index in [1.807, 2.05) is 0 Å². The average Bonchev–Trinajstić information content (AvgIpc) is 3.07. The minimum absolute atomic E-state index is 0.0798. The molecular weight excluding hydrogens is 640 g/mol. The second-order valence-electron chi connectivity index (χ2n) is 12.0. The van der Waals surface area contributed by atoms with Crippen LogP contribution in [-0.4, -0.2) is 159 Å². The van der Waals surface area contributed by atoms with Gasteiger partial charge >= 0.3 is 0 Å². The van der Waals surface area contributed by atoms with Crippen molar-refractivity contribution in [3.63, 3.8) is 0 Å². The lowest BCUT2D eigenvalue weighted by atomic mass is 9.99. The first kappa shape index (κ1) is 42.0. The molecule has 0 aromatic heterocycles. The summed E-state index contributed by atoms with van der Waals surface area (Å²) in [4.78, 5) is 37.3. The fourth-order valence-electron chi connectivity index (χ4n) is 5.24. The molecule has 48 heavy (non-hydrogen) atoms. The molecule has 2 fully saturated rings. The van der Waals surface area contributed by atoms with Crippen molar-refractivity contribution in [1.82, 2.24) is 10.6 Å². The number of allylic oxidation sites excluding steroid dienone is 1. The fraction of sp³-hybridized carbons (Fsp3) is 0.839. The Bertz CT molecular complexity index is 970. The van der Waals surface area contributed by atoms with Gasteiger partial charge in [0.1, 0.15) is 48.8 Å². The van der Waals surface area contributed by atoms with Crippen molar-refractivity contribution in [2.45, 2.75) is 132 Å². The maximum atomic E-state index is 12.6. The predicted octanol–water partition coefficient (Wildman–Crippen LogP) is -3.12. The van der Waals surface area contributed by atoms with E-state index in [0.29, 0.717) is 51.5 Å². The molecule has 2 saturated heterocycles. The van der Waals surface area contributed by atoms with Crippen molar-refractivity contribution in [3.05, 3.63) is 12.7 Å². The molecule has 2 heterocycles. The number of rotatable bonds is 23. The van der Waals surface area contributed by atoms with Crippen LogP contribution in [0.4, 0.5) is 0 Å². The number of carbonyl (C=O) groups excluding carboxylic acids is 3. The molecule has 17 nitrogen and oxygen atoms in total. The summed E-state index contributed by atoms with van der Waals surface area (Å²) >= 11 is 0. The Morgan fingerprint density at radius 1 is 0.688 bits per heavy atom. The van der Waals surface area contributed by atoms with E-state index in [1.54, 1.807) is 0 Å². The van der Waals surface area contributed by atoms with Crippen molar-refractivity contribution < 1.29 is 74.2 Å². The summed E-state index contributed by atoms with van der Waals surface area (Å²) in [5, 5.41) is 83.3. The van der Waals surface area contributed by atoms with Crippen LogP contribution in [0.15, 0.2) is 12.7 Å². The van der Waals surface area contributed by atoms with Gasteiger partial charge in [-0.15, -0.1) is 6.58 Å². The molecule has 2 aliphatic rings. The van der Waals surface area contributed by atoms with Gasteiger partial charge in [-0.05, 0) is 44.9 Å². The molecule has 2 rings (SSSR count). The van der Waals surface area contributed by atoms with Crippen LogP contribution >= 0.6 is 0 Å². The molecule has 17 heteroatoms. The Morgan fingerprint density at radius 3 is 1.67 bits per heavy atom. The van der Waals surface area contributed by atoms with Crippen molar-refractivity contribution in [2.75, 3.05) is 33.0 Å². The number of carbonyl (C=O) groups is 3. The number of Topliss-reactive ketones (excluding diaryl/α,β-unsaturated/α-hetero) is 1. The smallest absolute Gasteiger partial charge is 0.220 e. The molecule has 11 atom stereocenters. The minimum atomic E-state index is -1.54. The molecule has 0 saturated carbocycles. The molecule has 2 aliphatic heterocycles. The highest BCUT2D eigenvalue weighted by Gasteiger charge is 2.45. The van der Waals surface area contributed by atoms with Gasteiger partial charge in [-0.25, -0.2) is 0 Å². The first-order valence-corrected chi connectivity index (χ1v) is 16.5. The van der Waals surface area contributed by atoms with Gasteiger partial charge in [-0.2, -0.15) is 0 Å². The van der Waals surface area contributed by atoms with E-state index < -0.39 is 80.7 Å². The van der Waals surface area contributed by atoms with Crippen LogP contribution < -0.4 is 10.6 Å². The highest BCUT2D eigenvalue weighted by Crippen LogP contribution is 2.23. The van der Waals surface area contributed by atoms with E-state index in [0.717, 1.165) is 0 Å². The van der Waals surface area contributed by atoms with Gasteiger partial charge in [0.05, 0.1) is 19.3 Å². The second-order valence-corrected chi connectivity index (χ2v) is 12.0. The molecule has 11 unspecified atom stereocenters.